The van der Waals surface area contributed by atoms with Crippen molar-refractivity contribution in [3.63, 3.8) is 0 Å². The van der Waals surface area contributed by atoms with E-state index in [2.05, 4.69) is 26.3 Å². The zero-order chi connectivity index (χ0) is 12.1. The number of benzene rings is 1. The topological polar surface area (TPSA) is 39.1 Å². The van der Waals surface area contributed by atoms with Crippen LogP contribution in [0, 0.1) is 0 Å². The molecule has 0 aliphatic rings. The molecule has 0 unspecified atom stereocenters. The molecule has 1 aromatic heterocycles. The number of halogens is 1. The smallest absolute Gasteiger partial charge is 0.165 e. The predicted molar refractivity (Wildman–Crippen MR) is 70.4 cm³/mol. The number of hydrogen-bond acceptors (Lipinski definition) is 3. The minimum atomic E-state index is 0.753. The molecule has 17 heavy (non-hydrogen) atoms. The van der Waals surface area contributed by atoms with E-state index >= 15 is 0 Å². The van der Waals surface area contributed by atoms with Gasteiger partial charge in [-0.3, -0.25) is 4.68 Å². The Bertz CT molecular complexity index is 467. The maximum absolute atomic E-state index is 5.67. The molecular weight excluding hydrogens is 282 g/mol. The monoisotopic (exact) mass is 295 g/mol. The van der Waals surface area contributed by atoms with Crippen LogP contribution in [0.5, 0.6) is 11.5 Å². The molecule has 0 fully saturated rings. The lowest BCUT2D eigenvalue weighted by atomic mass is 10.3. The second kappa shape index (κ2) is 5.84. The van der Waals surface area contributed by atoms with Crippen molar-refractivity contribution in [3.05, 3.63) is 41.1 Å². The van der Waals surface area contributed by atoms with Crippen molar-refractivity contribution in [2.75, 3.05) is 13.6 Å². The minimum absolute atomic E-state index is 0.753. The largest absolute Gasteiger partial charge is 0.454 e. The Morgan fingerprint density at radius 1 is 1.29 bits per heavy atom. The lowest BCUT2D eigenvalue weighted by Gasteiger charge is -2.02. The average molecular weight is 296 g/mol. The molecule has 0 aliphatic carbocycles. The summed E-state index contributed by atoms with van der Waals surface area (Å²) in [5, 5.41) is 7.28. The second-order valence-electron chi connectivity index (χ2n) is 3.60. The van der Waals surface area contributed by atoms with Gasteiger partial charge in [0.1, 0.15) is 5.75 Å². The molecule has 1 aromatic carbocycles. The summed E-state index contributed by atoms with van der Waals surface area (Å²) in [4.78, 5) is 0. The number of hydrogen-bond donors (Lipinski definition) is 1. The van der Waals surface area contributed by atoms with E-state index in [-0.39, 0.29) is 0 Å². The highest BCUT2D eigenvalue weighted by atomic mass is 79.9. The molecule has 90 valence electrons. The van der Waals surface area contributed by atoms with Gasteiger partial charge in [0.05, 0.1) is 18.9 Å². The summed E-state index contributed by atoms with van der Waals surface area (Å²) in [6.45, 7) is 1.72. The first-order valence-corrected chi connectivity index (χ1v) is 6.18. The summed E-state index contributed by atoms with van der Waals surface area (Å²) in [5.41, 5.74) is 0. The van der Waals surface area contributed by atoms with Crippen LogP contribution in [0.4, 0.5) is 0 Å². The number of nitrogens with one attached hydrogen (secondary N) is 1. The molecule has 0 atom stereocenters. The Hall–Kier alpha value is -1.33. The van der Waals surface area contributed by atoms with Crippen molar-refractivity contribution >= 4 is 15.9 Å². The van der Waals surface area contributed by atoms with Crippen LogP contribution in [0.15, 0.2) is 41.1 Å². The molecule has 0 saturated carbocycles. The van der Waals surface area contributed by atoms with Crippen molar-refractivity contribution in [1.82, 2.24) is 15.1 Å². The third-order valence-corrected chi connectivity index (χ3v) is 2.78. The molecular formula is C12H14BrN3O. The number of likely N-dealkylation sites (N-methyl/N-ethyl adjacent to an activating group) is 1. The van der Waals surface area contributed by atoms with Crippen molar-refractivity contribution in [3.8, 4) is 11.5 Å². The summed E-state index contributed by atoms with van der Waals surface area (Å²) in [6, 6.07) is 7.71. The Balaban J connectivity index is 1.98. The fraction of sp³-hybridized carbons (Fsp3) is 0.250. The van der Waals surface area contributed by atoms with Gasteiger partial charge in [-0.05, 0) is 31.3 Å². The Morgan fingerprint density at radius 3 is 2.76 bits per heavy atom. The number of ether oxygens (including phenoxy) is 1. The summed E-state index contributed by atoms with van der Waals surface area (Å²) in [6.07, 6.45) is 3.61. The summed E-state index contributed by atoms with van der Waals surface area (Å²) in [5.74, 6) is 1.56. The van der Waals surface area contributed by atoms with Gasteiger partial charge >= 0.3 is 0 Å². The molecule has 0 bridgehead atoms. The first-order valence-electron chi connectivity index (χ1n) is 5.38. The van der Waals surface area contributed by atoms with Crippen molar-refractivity contribution < 1.29 is 4.74 Å². The second-order valence-corrected chi connectivity index (χ2v) is 4.51. The van der Waals surface area contributed by atoms with E-state index in [1.165, 1.54) is 0 Å². The molecule has 2 aromatic rings. The van der Waals surface area contributed by atoms with Crippen LogP contribution in [0.25, 0.3) is 0 Å². The van der Waals surface area contributed by atoms with Gasteiger partial charge in [0.25, 0.3) is 0 Å². The molecule has 0 saturated heterocycles. The van der Waals surface area contributed by atoms with Gasteiger partial charge in [0.15, 0.2) is 5.75 Å². The van der Waals surface area contributed by atoms with Crippen LogP contribution in [-0.4, -0.2) is 23.4 Å². The molecule has 5 heteroatoms. The summed E-state index contributed by atoms with van der Waals surface area (Å²) < 4.78 is 8.56. The van der Waals surface area contributed by atoms with Crippen molar-refractivity contribution in [2.24, 2.45) is 0 Å². The summed E-state index contributed by atoms with van der Waals surface area (Å²) in [7, 11) is 1.92. The quantitative estimate of drug-likeness (QED) is 0.922. The first kappa shape index (κ1) is 12.1. The zero-order valence-electron chi connectivity index (χ0n) is 9.56. The van der Waals surface area contributed by atoms with Gasteiger partial charge < -0.3 is 10.1 Å². The Kier molecular flexibility index (Phi) is 4.17. The van der Waals surface area contributed by atoms with Crippen molar-refractivity contribution in [2.45, 2.75) is 6.54 Å². The van der Waals surface area contributed by atoms with E-state index in [1.807, 2.05) is 42.2 Å². The van der Waals surface area contributed by atoms with Gasteiger partial charge in [-0.1, -0.05) is 15.9 Å². The lowest BCUT2D eigenvalue weighted by Crippen LogP contribution is -2.14. The third kappa shape index (κ3) is 3.57. The highest BCUT2D eigenvalue weighted by Crippen LogP contribution is 2.22. The molecule has 2 rings (SSSR count). The Morgan fingerprint density at radius 2 is 2.06 bits per heavy atom. The number of nitrogens with zero attached hydrogens (tertiary/aromatic N) is 2. The van der Waals surface area contributed by atoms with Gasteiger partial charge in [0, 0.05) is 11.0 Å². The first-order chi connectivity index (χ1) is 8.28. The lowest BCUT2D eigenvalue weighted by molar-refractivity contribution is 0.480. The molecule has 1 heterocycles. The van der Waals surface area contributed by atoms with E-state index in [0.717, 1.165) is 29.1 Å². The van der Waals surface area contributed by atoms with Gasteiger partial charge in [0.2, 0.25) is 0 Å². The SMILES string of the molecule is CNCCn1cc(Oc2ccc(Br)cc2)cn1. The third-order valence-electron chi connectivity index (χ3n) is 2.25. The standard InChI is InChI=1S/C12H14BrN3O/c1-14-6-7-16-9-12(8-15-16)17-11-4-2-10(13)3-5-11/h2-5,8-9,14H,6-7H2,1H3. The Labute approximate surface area is 109 Å². The van der Waals surface area contributed by atoms with E-state index in [9.17, 15) is 0 Å². The van der Waals surface area contributed by atoms with Gasteiger partial charge in [-0.25, -0.2) is 0 Å². The molecule has 1 N–H and O–H groups in total. The van der Waals surface area contributed by atoms with Crippen LogP contribution in [0.3, 0.4) is 0 Å². The molecule has 0 spiro atoms. The van der Waals surface area contributed by atoms with Gasteiger partial charge in [-0.15, -0.1) is 0 Å². The van der Waals surface area contributed by atoms with Crippen LogP contribution >= 0.6 is 15.9 Å². The normalized spacial score (nSPS) is 10.5. The molecule has 0 radical (unpaired) electrons. The summed E-state index contributed by atoms with van der Waals surface area (Å²) >= 11 is 3.38. The van der Waals surface area contributed by atoms with Crippen molar-refractivity contribution in [1.29, 1.82) is 0 Å². The average Bonchev–Trinajstić information content (AvgIpc) is 2.77. The molecule has 0 aliphatic heterocycles. The highest BCUT2D eigenvalue weighted by molar-refractivity contribution is 9.10. The van der Waals surface area contributed by atoms with E-state index in [0.29, 0.717) is 0 Å². The van der Waals surface area contributed by atoms with Crippen LogP contribution in [0.2, 0.25) is 0 Å². The van der Waals surface area contributed by atoms with E-state index in [1.54, 1.807) is 6.20 Å². The number of aromatic nitrogens is 2. The maximum Gasteiger partial charge on any atom is 0.165 e. The highest BCUT2D eigenvalue weighted by Gasteiger charge is 2.01. The fourth-order valence-electron chi connectivity index (χ4n) is 1.38. The maximum atomic E-state index is 5.67. The van der Waals surface area contributed by atoms with Gasteiger partial charge in [-0.2, -0.15) is 5.10 Å². The predicted octanol–water partition coefficient (Wildman–Crippen LogP) is 2.66. The fourth-order valence-corrected chi connectivity index (χ4v) is 1.65. The number of rotatable bonds is 5. The van der Waals surface area contributed by atoms with Crippen LogP contribution in [0.1, 0.15) is 0 Å². The van der Waals surface area contributed by atoms with Crippen LogP contribution < -0.4 is 10.1 Å². The zero-order valence-corrected chi connectivity index (χ0v) is 11.1. The molecule has 4 nitrogen and oxygen atoms in total. The minimum Gasteiger partial charge on any atom is -0.454 e. The van der Waals surface area contributed by atoms with E-state index in [4.69, 9.17) is 4.74 Å². The van der Waals surface area contributed by atoms with Crippen LogP contribution in [-0.2, 0) is 6.54 Å². The van der Waals surface area contributed by atoms with E-state index < -0.39 is 0 Å². The molecule has 0 amide bonds.